The summed E-state index contributed by atoms with van der Waals surface area (Å²) in [4.78, 5) is 22.1. The first kappa shape index (κ1) is 17.8. The molecule has 21 heavy (non-hydrogen) atoms. The van der Waals surface area contributed by atoms with Crippen molar-refractivity contribution in [1.29, 1.82) is 0 Å². The van der Waals surface area contributed by atoms with E-state index in [9.17, 15) is 9.59 Å². The molecule has 0 aromatic heterocycles. The first-order chi connectivity index (χ1) is 9.89. The number of amides is 2. The molecule has 1 fully saturated rings. The Morgan fingerprint density at radius 2 is 1.71 bits per heavy atom. The van der Waals surface area contributed by atoms with Crippen LogP contribution in [-0.2, 0) is 4.79 Å². The van der Waals surface area contributed by atoms with Crippen LogP contribution in [0.5, 0.6) is 0 Å². The molecule has 0 spiro atoms. The largest absolute Gasteiger partial charge is 0.481 e. The monoisotopic (exact) mass is 298 g/mol. The van der Waals surface area contributed by atoms with Crippen molar-refractivity contribution in [1.82, 2.24) is 10.6 Å². The van der Waals surface area contributed by atoms with Gasteiger partial charge in [-0.2, -0.15) is 0 Å². The molecule has 0 heterocycles. The Bertz CT molecular complexity index is 332. The molecule has 0 radical (unpaired) electrons. The predicted octanol–water partition coefficient (Wildman–Crippen LogP) is 3.29. The molecule has 0 atom stereocenters. The number of aliphatic carboxylic acids is 1. The Hall–Kier alpha value is -1.26. The highest BCUT2D eigenvalue weighted by atomic mass is 16.4. The van der Waals surface area contributed by atoms with Crippen LogP contribution in [0.15, 0.2) is 0 Å². The van der Waals surface area contributed by atoms with Crippen molar-refractivity contribution in [2.45, 2.75) is 77.7 Å². The van der Waals surface area contributed by atoms with Crippen molar-refractivity contribution >= 4 is 12.0 Å². The molecule has 3 N–H and O–H groups in total. The molecule has 2 amide bonds. The van der Waals surface area contributed by atoms with Gasteiger partial charge >= 0.3 is 12.0 Å². The maximum absolute atomic E-state index is 11.8. The van der Waals surface area contributed by atoms with Crippen LogP contribution in [0.4, 0.5) is 4.79 Å². The highest BCUT2D eigenvalue weighted by Gasteiger charge is 2.27. The second kappa shape index (κ2) is 8.90. The number of urea groups is 1. The van der Waals surface area contributed by atoms with Gasteiger partial charge in [0.25, 0.3) is 0 Å². The summed E-state index contributed by atoms with van der Waals surface area (Å²) in [7, 11) is 0. The second-order valence-electron chi connectivity index (χ2n) is 6.90. The van der Waals surface area contributed by atoms with Gasteiger partial charge in [-0.15, -0.1) is 0 Å². The minimum absolute atomic E-state index is 0.0646. The first-order valence-corrected chi connectivity index (χ1v) is 8.15. The highest BCUT2D eigenvalue weighted by Crippen LogP contribution is 2.34. The molecular formula is C16H30N2O3. The normalized spacial score (nSPS) is 18.2. The molecule has 0 aromatic carbocycles. The molecule has 0 saturated heterocycles. The number of hydrogen-bond acceptors (Lipinski definition) is 2. The van der Waals surface area contributed by atoms with Crippen molar-refractivity contribution in [3.63, 3.8) is 0 Å². The van der Waals surface area contributed by atoms with Gasteiger partial charge in [-0.3, -0.25) is 4.79 Å². The third-order valence-electron chi connectivity index (χ3n) is 4.28. The lowest BCUT2D eigenvalue weighted by atomic mass is 9.76. The van der Waals surface area contributed by atoms with E-state index in [0.29, 0.717) is 18.0 Å². The van der Waals surface area contributed by atoms with E-state index in [1.54, 1.807) is 0 Å². The zero-order chi connectivity index (χ0) is 15.7. The molecular weight excluding hydrogens is 268 g/mol. The van der Waals surface area contributed by atoms with Gasteiger partial charge in [-0.05, 0) is 43.9 Å². The van der Waals surface area contributed by atoms with Crippen molar-refractivity contribution in [2.75, 3.05) is 6.54 Å². The summed E-state index contributed by atoms with van der Waals surface area (Å²) in [6, 6.07) is 0.249. The average Bonchev–Trinajstić information content (AvgIpc) is 2.40. The van der Waals surface area contributed by atoms with Crippen LogP contribution >= 0.6 is 0 Å². The summed E-state index contributed by atoms with van der Waals surface area (Å²) in [6.07, 6.45) is 8.21. The van der Waals surface area contributed by atoms with Crippen LogP contribution in [0.2, 0.25) is 0 Å². The summed E-state index contributed by atoms with van der Waals surface area (Å²) in [5.74, 6) is -0.733. The van der Waals surface area contributed by atoms with Crippen LogP contribution in [0.25, 0.3) is 0 Å². The van der Waals surface area contributed by atoms with Crippen molar-refractivity contribution < 1.29 is 14.7 Å². The third kappa shape index (κ3) is 8.58. The van der Waals surface area contributed by atoms with Crippen LogP contribution < -0.4 is 10.6 Å². The number of hydrogen-bond donors (Lipinski definition) is 3. The molecule has 0 aromatic rings. The van der Waals surface area contributed by atoms with Crippen molar-refractivity contribution in [3.8, 4) is 0 Å². The molecule has 5 nitrogen and oxygen atoms in total. The van der Waals surface area contributed by atoms with Crippen LogP contribution in [0, 0.1) is 5.41 Å². The fourth-order valence-corrected chi connectivity index (χ4v) is 2.74. The highest BCUT2D eigenvalue weighted by molar-refractivity contribution is 5.74. The minimum atomic E-state index is -0.733. The summed E-state index contributed by atoms with van der Waals surface area (Å²) in [5, 5.41) is 14.4. The fraction of sp³-hybridized carbons (Fsp3) is 0.875. The van der Waals surface area contributed by atoms with E-state index >= 15 is 0 Å². The number of carbonyl (C=O) groups is 2. The van der Waals surface area contributed by atoms with E-state index in [0.717, 1.165) is 38.5 Å². The Balaban J connectivity index is 1.98. The molecule has 1 rings (SSSR count). The van der Waals surface area contributed by atoms with Gasteiger partial charge in [-0.1, -0.05) is 26.7 Å². The van der Waals surface area contributed by atoms with Gasteiger partial charge in [0.1, 0.15) is 0 Å². The van der Waals surface area contributed by atoms with E-state index in [4.69, 9.17) is 5.11 Å². The maximum atomic E-state index is 11.8. The Morgan fingerprint density at radius 1 is 1.10 bits per heavy atom. The summed E-state index contributed by atoms with van der Waals surface area (Å²) >= 11 is 0. The molecule has 1 aliphatic rings. The zero-order valence-corrected chi connectivity index (χ0v) is 13.4. The van der Waals surface area contributed by atoms with E-state index in [-0.39, 0.29) is 12.5 Å². The number of rotatable bonds is 8. The number of carboxylic acids is 1. The zero-order valence-electron chi connectivity index (χ0n) is 13.4. The smallest absolute Gasteiger partial charge is 0.315 e. The van der Waals surface area contributed by atoms with Gasteiger partial charge in [0, 0.05) is 19.0 Å². The van der Waals surface area contributed by atoms with E-state index in [1.807, 2.05) is 0 Å². The summed E-state index contributed by atoms with van der Waals surface area (Å²) < 4.78 is 0. The molecule has 0 aliphatic heterocycles. The van der Waals surface area contributed by atoms with E-state index in [2.05, 4.69) is 24.5 Å². The van der Waals surface area contributed by atoms with Gasteiger partial charge < -0.3 is 15.7 Å². The van der Waals surface area contributed by atoms with E-state index < -0.39 is 5.97 Å². The predicted molar refractivity (Wildman–Crippen MR) is 83.3 cm³/mol. The number of carbonyl (C=O) groups excluding carboxylic acids is 1. The summed E-state index contributed by atoms with van der Waals surface area (Å²) in [5.41, 5.74) is 0.421. The van der Waals surface area contributed by atoms with Gasteiger partial charge in [-0.25, -0.2) is 4.79 Å². The lowest BCUT2D eigenvalue weighted by molar-refractivity contribution is -0.137. The first-order valence-electron chi connectivity index (χ1n) is 8.15. The summed E-state index contributed by atoms with van der Waals surface area (Å²) in [6.45, 7) is 5.23. The molecule has 0 unspecified atom stereocenters. The average molecular weight is 298 g/mol. The lowest BCUT2D eigenvalue weighted by Crippen LogP contribution is -2.44. The standard InChI is InChI=1S/C16H30N2O3/c1-16(2)10-8-13(9-11-16)18-15(21)17-12-6-4-3-5-7-14(19)20/h13H,3-12H2,1-2H3,(H,19,20)(H2,17,18,21). The van der Waals surface area contributed by atoms with Gasteiger partial charge in [0.15, 0.2) is 0 Å². The van der Waals surface area contributed by atoms with E-state index in [1.165, 1.54) is 12.8 Å². The number of carboxylic acid groups (broad SMARTS) is 1. The Labute approximate surface area is 127 Å². The van der Waals surface area contributed by atoms with Gasteiger partial charge in [0.2, 0.25) is 0 Å². The maximum Gasteiger partial charge on any atom is 0.315 e. The quantitative estimate of drug-likeness (QED) is 0.602. The van der Waals surface area contributed by atoms with Crippen molar-refractivity contribution in [3.05, 3.63) is 0 Å². The second-order valence-corrected chi connectivity index (χ2v) is 6.90. The molecule has 1 aliphatic carbocycles. The molecule has 5 heteroatoms. The molecule has 0 bridgehead atoms. The fourth-order valence-electron chi connectivity index (χ4n) is 2.74. The molecule has 1 saturated carbocycles. The van der Waals surface area contributed by atoms with Crippen LogP contribution in [-0.4, -0.2) is 29.7 Å². The number of nitrogens with one attached hydrogen (secondary N) is 2. The van der Waals surface area contributed by atoms with Gasteiger partial charge in [0.05, 0.1) is 0 Å². The van der Waals surface area contributed by atoms with Crippen molar-refractivity contribution in [2.24, 2.45) is 5.41 Å². The number of unbranched alkanes of at least 4 members (excludes halogenated alkanes) is 3. The molecule has 122 valence electrons. The van der Waals surface area contributed by atoms with Crippen LogP contribution in [0.3, 0.4) is 0 Å². The lowest BCUT2D eigenvalue weighted by Gasteiger charge is -2.34. The Morgan fingerprint density at radius 3 is 2.33 bits per heavy atom. The Kier molecular flexibility index (Phi) is 7.54. The minimum Gasteiger partial charge on any atom is -0.481 e. The topological polar surface area (TPSA) is 78.4 Å². The third-order valence-corrected chi connectivity index (χ3v) is 4.28. The van der Waals surface area contributed by atoms with Crippen LogP contribution in [0.1, 0.15) is 71.6 Å². The SMILES string of the molecule is CC1(C)CCC(NC(=O)NCCCCCCC(=O)O)CC1.